The van der Waals surface area contributed by atoms with E-state index in [0.717, 1.165) is 37.2 Å². The third-order valence-electron chi connectivity index (χ3n) is 3.45. The number of nitrogens with two attached hydrogens (primary N) is 1. The van der Waals surface area contributed by atoms with Crippen LogP contribution >= 0.6 is 11.6 Å². The van der Waals surface area contributed by atoms with E-state index in [-0.39, 0.29) is 0 Å². The molecule has 1 saturated carbocycles. The molecular weight excluding hydrogens is 236 g/mol. The van der Waals surface area contributed by atoms with Gasteiger partial charge in [-0.1, -0.05) is 11.6 Å². The Morgan fingerprint density at radius 3 is 2.76 bits per heavy atom. The van der Waals surface area contributed by atoms with Crippen molar-refractivity contribution in [2.75, 3.05) is 0 Å². The summed E-state index contributed by atoms with van der Waals surface area (Å²) in [5.74, 6) is 1.38. The first-order chi connectivity index (χ1) is 8.22. The average Bonchev–Trinajstić information content (AvgIpc) is 2.72. The average molecular weight is 251 g/mol. The maximum atomic E-state index is 5.93. The highest BCUT2D eigenvalue weighted by Crippen LogP contribution is 2.30. The summed E-state index contributed by atoms with van der Waals surface area (Å²) >= 11 is 5.93. The van der Waals surface area contributed by atoms with Crippen molar-refractivity contribution in [3.05, 3.63) is 29.2 Å². The van der Waals surface area contributed by atoms with Crippen molar-refractivity contribution >= 4 is 17.2 Å². The van der Waals surface area contributed by atoms with Crippen LogP contribution in [-0.2, 0) is 0 Å². The molecule has 0 spiro atoms. The van der Waals surface area contributed by atoms with Crippen molar-refractivity contribution in [3.63, 3.8) is 0 Å². The zero-order valence-corrected chi connectivity index (χ0v) is 10.3. The van der Waals surface area contributed by atoms with Crippen LogP contribution in [0, 0.1) is 0 Å². The van der Waals surface area contributed by atoms with Crippen LogP contribution in [0.4, 0.5) is 0 Å². The summed E-state index contributed by atoms with van der Waals surface area (Å²) in [5.41, 5.74) is 6.77. The van der Waals surface area contributed by atoms with Gasteiger partial charge in [-0.2, -0.15) is 5.10 Å². The first-order valence-corrected chi connectivity index (χ1v) is 6.37. The number of fused-ring (bicyclic) bond motifs is 1. The smallest absolute Gasteiger partial charge is 0.155 e. The molecule has 90 valence electrons. The van der Waals surface area contributed by atoms with Crippen LogP contribution in [0.15, 0.2) is 18.3 Å². The van der Waals surface area contributed by atoms with Gasteiger partial charge in [0, 0.05) is 18.2 Å². The minimum Gasteiger partial charge on any atom is -0.328 e. The quantitative estimate of drug-likeness (QED) is 0.845. The van der Waals surface area contributed by atoms with E-state index in [1.54, 1.807) is 10.7 Å². The number of rotatable bonds is 1. The molecule has 0 amide bonds. The Balaban J connectivity index is 1.90. The summed E-state index contributed by atoms with van der Waals surface area (Å²) in [5, 5.41) is 5.18. The monoisotopic (exact) mass is 250 g/mol. The topological polar surface area (TPSA) is 56.2 Å². The third-order valence-corrected chi connectivity index (χ3v) is 3.67. The van der Waals surface area contributed by atoms with Gasteiger partial charge in [-0.15, -0.1) is 0 Å². The highest BCUT2D eigenvalue weighted by molar-refractivity contribution is 6.30. The van der Waals surface area contributed by atoms with Crippen molar-refractivity contribution < 1.29 is 0 Å². The van der Waals surface area contributed by atoms with Gasteiger partial charge in [0.25, 0.3) is 0 Å². The predicted octanol–water partition coefficient (Wildman–Crippen LogP) is 2.37. The van der Waals surface area contributed by atoms with E-state index < -0.39 is 0 Å². The van der Waals surface area contributed by atoms with Crippen LogP contribution in [0.1, 0.15) is 37.4 Å². The Morgan fingerprint density at radius 2 is 2.00 bits per heavy atom. The lowest BCUT2D eigenvalue weighted by molar-refractivity contribution is 0.385. The van der Waals surface area contributed by atoms with Crippen LogP contribution in [-0.4, -0.2) is 20.6 Å². The molecule has 0 saturated heterocycles. The second-order valence-corrected chi connectivity index (χ2v) is 5.17. The van der Waals surface area contributed by atoms with E-state index in [2.05, 4.69) is 10.1 Å². The maximum Gasteiger partial charge on any atom is 0.155 e. The number of hydrogen-bond donors (Lipinski definition) is 1. The Morgan fingerprint density at radius 1 is 1.24 bits per heavy atom. The Kier molecular flexibility index (Phi) is 2.76. The molecule has 1 aliphatic carbocycles. The summed E-state index contributed by atoms with van der Waals surface area (Å²) in [6.07, 6.45) is 6.11. The molecular formula is C12H15ClN4. The molecule has 17 heavy (non-hydrogen) atoms. The zero-order chi connectivity index (χ0) is 11.8. The van der Waals surface area contributed by atoms with E-state index in [0.29, 0.717) is 17.0 Å². The largest absolute Gasteiger partial charge is 0.328 e. The molecule has 1 aliphatic rings. The van der Waals surface area contributed by atoms with Gasteiger partial charge in [-0.3, -0.25) is 0 Å². The predicted molar refractivity (Wildman–Crippen MR) is 67.2 cm³/mol. The van der Waals surface area contributed by atoms with Crippen LogP contribution in [0.5, 0.6) is 0 Å². The normalized spacial score (nSPS) is 25.3. The lowest BCUT2D eigenvalue weighted by Crippen LogP contribution is -2.26. The van der Waals surface area contributed by atoms with Crippen LogP contribution in [0.25, 0.3) is 5.65 Å². The molecule has 0 bridgehead atoms. The fourth-order valence-electron chi connectivity index (χ4n) is 2.43. The van der Waals surface area contributed by atoms with Crippen LogP contribution in [0.3, 0.4) is 0 Å². The molecule has 2 heterocycles. The highest BCUT2D eigenvalue weighted by Gasteiger charge is 2.23. The van der Waals surface area contributed by atoms with Crippen molar-refractivity contribution in [2.45, 2.75) is 37.6 Å². The molecule has 0 radical (unpaired) electrons. The summed E-state index contributed by atoms with van der Waals surface area (Å²) in [7, 11) is 0. The van der Waals surface area contributed by atoms with Gasteiger partial charge in [-0.25, -0.2) is 9.50 Å². The van der Waals surface area contributed by atoms with Crippen molar-refractivity contribution in [1.29, 1.82) is 0 Å². The summed E-state index contributed by atoms with van der Waals surface area (Å²) in [4.78, 5) is 4.55. The van der Waals surface area contributed by atoms with Gasteiger partial charge in [0.2, 0.25) is 0 Å². The highest BCUT2D eigenvalue weighted by atomic mass is 35.5. The van der Waals surface area contributed by atoms with E-state index in [9.17, 15) is 0 Å². The minimum atomic E-state index is 0.359. The fourth-order valence-corrected chi connectivity index (χ4v) is 2.58. The fraction of sp³-hybridized carbons (Fsp3) is 0.500. The molecule has 4 nitrogen and oxygen atoms in total. The number of halogens is 1. The number of aromatic nitrogens is 3. The number of nitrogens with zero attached hydrogens (tertiary/aromatic N) is 3. The lowest BCUT2D eigenvalue weighted by Gasteiger charge is -2.23. The number of pyridine rings is 1. The lowest BCUT2D eigenvalue weighted by atomic mass is 9.86. The Hall–Kier alpha value is -1.13. The SMILES string of the molecule is NC1CCC(c2nc3ccc(Cl)cn3n2)CC1. The molecule has 2 aromatic rings. The second-order valence-electron chi connectivity index (χ2n) is 4.73. The summed E-state index contributed by atoms with van der Waals surface area (Å²) < 4.78 is 1.76. The number of hydrogen-bond acceptors (Lipinski definition) is 3. The molecule has 2 N–H and O–H groups in total. The first kappa shape index (κ1) is 11.0. The van der Waals surface area contributed by atoms with Gasteiger partial charge in [0.15, 0.2) is 11.5 Å². The molecule has 3 rings (SSSR count). The zero-order valence-electron chi connectivity index (χ0n) is 9.51. The molecule has 0 aliphatic heterocycles. The molecule has 0 atom stereocenters. The standard InChI is InChI=1S/C12H15ClN4/c13-9-3-6-11-15-12(16-17(11)7-9)8-1-4-10(14)5-2-8/h3,6-8,10H,1-2,4-5,14H2. The molecule has 2 aromatic heterocycles. The summed E-state index contributed by atoms with van der Waals surface area (Å²) in [6.45, 7) is 0. The van der Waals surface area contributed by atoms with Gasteiger partial charge in [0.1, 0.15) is 0 Å². The van der Waals surface area contributed by atoms with E-state index >= 15 is 0 Å². The van der Waals surface area contributed by atoms with Crippen molar-refractivity contribution in [3.8, 4) is 0 Å². The summed E-state index contributed by atoms with van der Waals surface area (Å²) in [6, 6.07) is 4.09. The van der Waals surface area contributed by atoms with Crippen LogP contribution in [0.2, 0.25) is 5.02 Å². The molecule has 1 fully saturated rings. The van der Waals surface area contributed by atoms with Gasteiger partial charge in [-0.05, 0) is 37.8 Å². The first-order valence-electron chi connectivity index (χ1n) is 6.00. The molecule has 5 heteroatoms. The van der Waals surface area contributed by atoms with E-state index in [1.807, 2.05) is 12.1 Å². The third kappa shape index (κ3) is 2.15. The molecule has 0 aromatic carbocycles. The minimum absolute atomic E-state index is 0.359. The Labute approximate surface area is 105 Å². The van der Waals surface area contributed by atoms with Crippen LogP contribution < -0.4 is 5.73 Å². The maximum absolute atomic E-state index is 5.93. The van der Waals surface area contributed by atoms with Gasteiger partial charge < -0.3 is 5.73 Å². The van der Waals surface area contributed by atoms with Crippen molar-refractivity contribution in [2.24, 2.45) is 5.73 Å². The van der Waals surface area contributed by atoms with Gasteiger partial charge in [0.05, 0.1) is 5.02 Å². The van der Waals surface area contributed by atoms with Crippen molar-refractivity contribution in [1.82, 2.24) is 14.6 Å². The van der Waals surface area contributed by atoms with E-state index in [4.69, 9.17) is 17.3 Å². The van der Waals surface area contributed by atoms with E-state index in [1.165, 1.54) is 0 Å². The second kappa shape index (κ2) is 4.27. The van der Waals surface area contributed by atoms with Gasteiger partial charge >= 0.3 is 0 Å². The molecule has 0 unspecified atom stereocenters. The Bertz CT molecular complexity index is 528.